The first-order chi connectivity index (χ1) is 6.02. The summed E-state index contributed by atoms with van der Waals surface area (Å²) in [6.45, 7) is 9.56. The predicted octanol–water partition coefficient (Wildman–Crippen LogP) is 1.53. The number of hydrogen-bond acceptors (Lipinski definition) is 3. The van der Waals surface area contributed by atoms with Crippen molar-refractivity contribution in [2.75, 3.05) is 6.61 Å². The summed E-state index contributed by atoms with van der Waals surface area (Å²) >= 11 is 0. The topological polar surface area (TPSA) is 35.5 Å². The Hall–Kier alpha value is -0.830. The largest absolute Gasteiger partial charge is 0.462 e. The van der Waals surface area contributed by atoms with E-state index in [0.29, 0.717) is 18.1 Å². The lowest BCUT2D eigenvalue weighted by Crippen LogP contribution is -2.48. The monoisotopic (exact) mass is 184 g/mol. The van der Waals surface area contributed by atoms with Crippen molar-refractivity contribution in [3.8, 4) is 0 Å². The first kappa shape index (κ1) is 10.3. The van der Waals surface area contributed by atoms with Gasteiger partial charge in [-0.25, -0.2) is 4.79 Å². The molecule has 2 unspecified atom stereocenters. The van der Waals surface area contributed by atoms with E-state index in [2.05, 4.69) is 6.58 Å². The highest BCUT2D eigenvalue weighted by molar-refractivity contribution is 5.86. The van der Waals surface area contributed by atoms with E-state index < -0.39 is 0 Å². The third kappa shape index (κ3) is 2.31. The highest BCUT2D eigenvalue weighted by Crippen LogP contribution is 2.27. The van der Waals surface area contributed by atoms with Crippen molar-refractivity contribution in [3.05, 3.63) is 12.2 Å². The highest BCUT2D eigenvalue weighted by Gasteiger charge is 2.36. The van der Waals surface area contributed by atoms with E-state index in [1.807, 2.05) is 13.8 Å². The lowest BCUT2D eigenvalue weighted by atomic mass is 9.92. The number of rotatable bonds is 3. The fourth-order valence-corrected chi connectivity index (χ4v) is 1.40. The van der Waals surface area contributed by atoms with Gasteiger partial charge in [-0.3, -0.25) is 0 Å². The van der Waals surface area contributed by atoms with Crippen LogP contribution in [0.3, 0.4) is 0 Å². The number of esters is 1. The van der Waals surface area contributed by atoms with Gasteiger partial charge in [0.25, 0.3) is 0 Å². The summed E-state index contributed by atoms with van der Waals surface area (Å²) in [4.78, 5) is 11.0. The number of carbonyl (C=O) groups is 1. The van der Waals surface area contributed by atoms with Crippen molar-refractivity contribution < 1.29 is 14.3 Å². The van der Waals surface area contributed by atoms with Crippen molar-refractivity contribution in [1.29, 1.82) is 0 Å². The lowest BCUT2D eigenvalue weighted by Gasteiger charge is -2.40. The van der Waals surface area contributed by atoms with Gasteiger partial charge < -0.3 is 9.47 Å². The van der Waals surface area contributed by atoms with Crippen molar-refractivity contribution in [2.24, 2.45) is 5.92 Å². The second kappa shape index (κ2) is 3.92. The van der Waals surface area contributed by atoms with E-state index in [9.17, 15) is 4.79 Å². The number of ether oxygens (including phenoxy) is 2. The normalized spacial score (nSPS) is 32.1. The van der Waals surface area contributed by atoms with Gasteiger partial charge in [-0.05, 0) is 20.8 Å². The molecular formula is C10H16O3. The Morgan fingerprint density at radius 2 is 2.00 bits per heavy atom. The Labute approximate surface area is 78.7 Å². The minimum atomic E-state index is -0.314. The van der Waals surface area contributed by atoms with Gasteiger partial charge in [0, 0.05) is 11.5 Å². The summed E-state index contributed by atoms with van der Waals surface area (Å²) in [6.07, 6.45) is 0.404. The predicted molar refractivity (Wildman–Crippen MR) is 49.3 cm³/mol. The molecule has 0 saturated carbocycles. The molecule has 0 aromatic rings. The maximum Gasteiger partial charge on any atom is 0.333 e. The van der Waals surface area contributed by atoms with Gasteiger partial charge in [-0.1, -0.05) is 6.58 Å². The summed E-state index contributed by atoms with van der Waals surface area (Å²) in [5, 5.41) is 0. The Morgan fingerprint density at radius 3 is 2.38 bits per heavy atom. The van der Waals surface area contributed by atoms with Crippen LogP contribution < -0.4 is 0 Å². The van der Waals surface area contributed by atoms with E-state index >= 15 is 0 Å². The zero-order chi connectivity index (χ0) is 10.0. The van der Waals surface area contributed by atoms with Gasteiger partial charge in [-0.2, -0.15) is 0 Å². The fraction of sp³-hybridized carbons (Fsp3) is 0.700. The van der Waals surface area contributed by atoms with Gasteiger partial charge in [-0.15, -0.1) is 0 Å². The second-order valence-corrected chi connectivity index (χ2v) is 3.59. The van der Waals surface area contributed by atoms with Gasteiger partial charge in [0.1, 0.15) is 0 Å². The van der Waals surface area contributed by atoms with Crippen molar-refractivity contribution in [1.82, 2.24) is 0 Å². The quantitative estimate of drug-likeness (QED) is 0.493. The molecule has 13 heavy (non-hydrogen) atoms. The van der Waals surface area contributed by atoms with Crippen LogP contribution in [0.5, 0.6) is 0 Å². The van der Waals surface area contributed by atoms with E-state index in [1.54, 1.807) is 6.92 Å². The standard InChI is InChI=1S/C10H16O3/c1-6(2)10(11)12-5-9-7(3)13-8(9)4/h7-9H,1,5H2,2-4H3. The summed E-state index contributed by atoms with van der Waals surface area (Å²) < 4.78 is 10.4. The van der Waals surface area contributed by atoms with Crippen LogP contribution in [0.25, 0.3) is 0 Å². The van der Waals surface area contributed by atoms with Crippen LogP contribution in [-0.2, 0) is 14.3 Å². The molecule has 0 aliphatic carbocycles. The third-order valence-corrected chi connectivity index (χ3v) is 2.39. The van der Waals surface area contributed by atoms with Gasteiger partial charge in [0.05, 0.1) is 18.8 Å². The molecule has 1 heterocycles. The fourth-order valence-electron chi connectivity index (χ4n) is 1.40. The molecule has 74 valence electrons. The lowest BCUT2D eigenvalue weighted by molar-refractivity contribution is -0.187. The molecule has 1 fully saturated rings. The molecule has 0 spiro atoms. The van der Waals surface area contributed by atoms with Crippen LogP contribution >= 0.6 is 0 Å². The molecule has 0 amide bonds. The van der Waals surface area contributed by atoms with E-state index in [4.69, 9.17) is 9.47 Å². The van der Waals surface area contributed by atoms with Crippen LogP contribution in [0.4, 0.5) is 0 Å². The van der Waals surface area contributed by atoms with Crippen LogP contribution in [0, 0.1) is 5.92 Å². The minimum Gasteiger partial charge on any atom is -0.462 e. The first-order valence-corrected chi connectivity index (χ1v) is 4.50. The van der Waals surface area contributed by atoms with Crippen LogP contribution in [0.1, 0.15) is 20.8 Å². The Morgan fingerprint density at radius 1 is 1.46 bits per heavy atom. The first-order valence-electron chi connectivity index (χ1n) is 4.50. The van der Waals surface area contributed by atoms with Gasteiger partial charge in [0.15, 0.2) is 0 Å². The maximum absolute atomic E-state index is 11.0. The molecule has 0 bridgehead atoms. The average Bonchev–Trinajstić information content (AvgIpc) is 2.04. The molecule has 1 aliphatic rings. The molecule has 3 nitrogen and oxygen atoms in total. The van der Waals surface area contributed by atoms with E-state index in [0.717, 1.165) is 0 Å². The Bertz CT molecular complexity index is 214. The summed E-state index contributed by atoms with van der Waals surface area (Å²) in [6, 6.07) is 0. The molecule has 0 aromatic carbocycles. The SMILES string of the molecule is C=C(C)C(=O)OCC1C(C)OC1C. The van der Waals surface area contributed by atoms with Crippen molar-refractivity contribution in [3.63, 3.8) is 0 Å². The minimum absolute atomic E-state index is 0.202. The molecule has 1 saturated heterocycles. The molecule has 2 atom stereocenters. The van der Waals surface area contributed by atoms with Crippen LogP contribution in [0.15, 0.2) is 12.2 Å². The zero-order valence-electron chi connectivity index (χ0n) is 8.37. The molecule has 1 rings (SSSR count). The molecule has 3 heteroatoms. The maximum atomic E-state index is 11.0. The molecule has 0 N–H and O–H groups in total. The summed E-state index contributed by atoms with van der Waals surface area (Å²) in [7, 11) is 0. The highest BCUT2D eigenvalue weighted by atomic mass is 16.6. The van der Waals surface area contributed by atoms with Crippen LogP contribution in [-0.4, -0.2) is 24.8 Å². The molecule has 0 radical (unpaired) electrons. The third-order valence-electron chi connectivity index (χ3n) is 2.39. The molecule has 1 aliphatic heterocycles. The zero-order valence-corrected chi connectivity index (χ0v) is 8.37. The molecule has 0 aromatic heterocycles. The average molecular weight is 184 g/mol. The van der Waals surface area contributed by atoms with Gasteiger partial charge in [0.2, 0.25) is 0 Å². The van der Waals surface area contributed by atoms with Crippen LogP contribution in [0.2, 0.25) is 0 Å². The van der Waals surface area contributed by atoms with E-state index in [-0.39, 0.29) is 18.2 Å². The smallest absolute Gasteiger partial charge is 0.333 e. The second-order valence-electron chi connectivity index (χ2n) is 3.59. The number of carbonyl (C=O) groups excluding carboxylic acids is 1. The number of hydrogen-bond donors (Lipinski definition) is 0. The summed E-state index contributed by atoms with van der Waals surface area (Å²) in [5.74, 6) is 0.0228. The van der Waals surface area contributed by atoms with Crippen molar-refractivity contribution >= 4 is 5.97 Å². The Kier molecular flexibility index (Phi) is 3.09. The summed E-state index contributed by atoms with van der Waals surface area (Å²) in [5.41, 5.74) is 0.445. The Balaban J connectivity index is 2.26. The van der Waals surface area contributed by atoms with E-state index in [1.165, 1.54) is 0 Å². The molecular weight excluding hydrogens is 168 g/mol. The van der Waals surface area contributed by atoms with Crippen molar-refractivity contribution in [2.45, 2.75) is 33.0 Å². The van der Waals surface area contributed by atoms with Gasteiger partial charge >= 0.3 is 5.97 Å².